The van der Waals surface area contributed by atoms with Crippen LogP contribution in [0.5, 0.6) is 0 Å². The van der Waals surface area contributed by atoms with Gasteiger partial charge in [0.15, 0.2) is 11.0 Å². The zero-order valence-corrected chi connectivity index (χ0v) is 13.0. The molecule has 0 bridgehead atoms. The summed E-state index contributed by atoms with van der Waals surface area (Å²) in [5.41, 5.74) is 5.80. The quantitative estimate of drug-likeness (QED) is 0.817. The van der Waals surface area contributed by atoms with Crippen molar-refractivity contribution in [3.05, 3.63) is 11.7 Å². The van der Waals surface area contributed by atoms with Gasteiger partial charge < -0.3 is 10.3 Å². The Balaban J connectivity index is 2.00. The topological polar surface area (TPSA) is 95.7 Å². The van der Waals surface area contributed by atoms with E-state index in [1.807, 2.05) is 18.4 Å². The van der Waals surface area contributed by atoms with Crippen LogP contribution in [0.1, 0.15) is 45.5 Å². The molecule has 2 aromatic rings. The van der Waals surface area contributed by atoms with Crippen LogP contribution in [0, 0.1) is 5.92 Å². The van der Waals surface area contributed by atoms with E-state index in [2.05, 4.69) is 34.2 Å². The van der Waals surface area contributed by atoms with E-state index in [0.717, 1.165) is 11.6 Å². The fourth-order valence-corrected chi connectivity index (χ4v) is 2.70. The number of anilines is 1. The summed E-state index contributed by atoms with van der Waals surface area (Å²) in [5.74, 6) is 2.87. The van der Waals surface area contributed by atoms with Crippen LogP contribution in [0.25, 0.3) is 0 Å². The van der Waals surface area contributed by atoms with Gasteiger partial charge in [-0.25, -0.2) is 0 Å². The number of rotatable bonds is 6. The molecule has 2 rings (SSSR count). The van der Waals surface area contributed by atoms with Crippen molar-refractivity contribution in [2.24, 2.45) is 5.92 Å². The summed E-state index contributed by atoms with van der Waals surface area (Å²) in [6.07, 6.45) is 0.798. The minimum atomic E-state index is 0.217. The zero-order valence-electron chi connectivity index (χ0n) is 12.2. The third kappa shape index (κ3) is 3.50. The van der Waals surface area contributed by atoms with Crippen molar-refractivity contribution >= 4 is 17.7 Å². The molecule has 0 fully saturated rings. The lowest BCUT2D eigenvalue weighted by molar-refractivity contribution is 0.360. The molecule has 0 saturated heterocycles. The van der Waals surface area contributed by atoms with Gasteiger partial charge in [0.05, 0.1) is 5.75 Å². The van der Waals surface area contributed by atoms with Gasteiger partial charge in [0.2, 0.25) is 11.8 Å². The van der Waals surface area contributed by atoms with E-state index in [9.17, 15) is 0 Å². The van der Waals surface area contributed by atoms with Crippen LogP contribution >= 0.6 is 11.8 Å². The second-order valence-electron chi connectivity index (χ2n) is 5.30. The first-order valence-electron chi connectivity index (χ1n) is 6.62. The average molecular weight is 296 g/mol. The van der Waals surface area contributed by atoms with E-state index in [1.165, 1.54) is 11.8 Å². The van der Waals surface area contributed by atoms with Crippen LogP contribution in [0.4, 0.5) is 5.95 Å². The third-order valence-electron chi connectivity index (χ3n) is 2.63. The van der Waals surface area contributed by atoms with Gasteiger partial charge in [0.1, 0.15) is 0 Å². The summed E-state index contributed by atoms with van der Waals surface area (Å²) in [6.45, 7) is 8.32. The van der Waals surface area contributed by atoms with Crippen molar-refractivity contribution in [2.75, 3.05) is 5.73 Å². The molecule has 0 aliphatic carbocycles. The van der Waals surface area contributed by atoms with Gasteiger partial charge in [0.25, 0.3) is 0 Å². The van der Waals surface area contributed by atoms with Crippen molar-refractivity contribution in [2.45, 2.75) is 51.1 Å². The minimum absolute atomic E-state index is 0.217. The number of nitrogen functional groups attached to an aromatic ring is 1. The Labute approximate surface area is 122 Å². The molecule has 20 heavy (non-hydrogen) atoms. The van der Waals surface area contributed by atoms with E-state index in [0.29, 0.717) is 29.3 Å². The van der Waals surface area contributed by atoms with E-state index in [1.54, 1.807) is 0 Å². The Hall–Kier alpha value is -1.57. The smallest absolute Gasteiger partial charge is 0.226 e. The number of nitrogens with two attached hydrogens (primary N) is 1. The maximum Gasteiger partial charge on any atom is 0.226 e. The number of hydrogen-bond donors (Lipinski definition) is 1. The molecule has 110 valence electrons. The molecule has 0 unspecified atom stereocenters. The van der Waals surface area contributed by atoms with Crippen LogP contribution in [0.2, 0.25) is 0 Å². The molecule has 0 spiro atoms. The maximum absolute atomic E-state index is 5.80. The fourth-order valence-electron chi connectivity index (χ4n) is 1.78. The Kier molecular flexibility index (Phi) is 4.64. The summed E-state index contributed by atoms with van der Waals surface area (Å²) < 4.78 is 7.09. The zero-order chi connectivity index (χ0) is 14.7. The number of aromatic nitrogens is 5. The predicted molar refractivity (Wildman–Crippen MR) is 77.2 cm³/mol. The summed E-state index contributed by atoms with van der Waals surface area (Å²) in [4.78, 5) is 4.36. The second kappa shape index (κ2) is 6.25. The van der Waals surface area contributed by atoms with Gasteiger partial charge in [0, 0.05) is 12.5 Å². The molecule has 0 aliphatic heterocycles. The van der Waals surface area contributed by atoms with Gasteiger partial charge in [-0.2, -0.15) is 4.98 Å². The average Bonchev–Trinajstić information content (AvgIpc) is 2.92. The van der Waals surface area contributed by atoms with Gasteiger partial charge in [-0.05, 0) is 19.8 Å². The lowest BCUT2D eigenvalue weighted by Gasteiger charge is -2.10. The first kappa shape index (κ1) is 14.8. The number of thioether (sulfide) groups is 1. The van der Waals surface area contributed by atoms with Gasteiger partial charge in [-0.3, -0.25) is 4.57 Å². The fraction of sp³-hybridized carbons (Fsp3) is 0.667. The first-order valence-corrected chi connectivity index (χ1v) is 7.60. The first-order chi connectivity index (χ1) is 9.47. The normalized spacial score (nSPS) is 11.7. The molecular formula is C12H20N6OS. The lowest BCUT2D eigenvalue weighted by atomic mass is 10.1. The number of hydrogen-bond acceptors (Lipinski definition) is 7. The summed E-state index contributed by atoms with van der Waals surface area (Å²) in [7, 11) is 0. The monoisotopic (exact) mass is 296 g/mol. The Bertz CT molecular complexity index is 562. The van der Waals surface area contributed by atoms with Crippen LogP contribution < -0.4 is 5.73 Å². The van der Waals surface area contributed by atoms with Crippen molar-refractivity contribution < 1.29 is 4.52 Å². The SMILES string of the molecule is CC(C)Cc1nc(CSc2nnc(N)n2C(C)C)no1. The van der Waals surface area contributed by atoms with E-state index in [-0.39, 0.29) is 6.04 Å². The highest BCUT2D eigenvalue weighted by molar-refractivity contribution is 7.98. The Morgan fingerprint density at radius 1 is 1.25 bits per heavy atom. The van der Waals surface area contributed by atoms with Crippen LogP contribution in [0.3, 0.4) is 0 Å². The molecule has 0 atom stereocenters. The molecule has 0 aliphatic rings. The lowest BCUT2D eigenvalue weighted by Crippen LogP contribution is -2.07. The van der Waals surface area contributed by atoms with Crippen LogP contribution in [-0.2, 0) is 12.2 Å². The molecular weight excluding hydrogens is 276 g/mol. The van der Waals surface area contributed by atoms with Gasteiger partial charge >= 0.3 is 0 Å². The molecule has 8 heteroatoms. The van der Waals surface area contributed by atoms with Crippen molar-refractivity contribution in [1.82, 2.24) is 24.9 Å². The highest BCUT2D eigenvalue weighted by atomic mass is 32.2. The third-order valence-corrected chi connectivity index (χ3v) is 3.57. The molecule has 0 amide bonds. The molecule has 2 N–H and O–H groups in total. The van der Waals surface area contributed by atoms with E-state index < -0.39 is 0 Å². The molecule has 7 nitrogen and oxygen atoms in total. The van der Waals surface area contributed by atoms with E-state index >= 15 is 0 Å². The minimum Gasteiger partial charge on any atom is -0.368 e. The maximum atomic E-state index is 5.80. The highest BCUT2D eigenvalue weighted by Gasteiger charge is 2.15. The predicted octanol–water partition coefficient (Wildman–Crippen LogP) is 2.32. The van der Waals surface area contributed by atoms with Crippen LogP contribution in [0.15, 0.2) is 9.68 Å². The Morgan fingerprint density at radius 2 is 2.00 bits per heavy atom. The summed E-state index contributed by atoms with van der Waals surface area (Å²) in [6, 6.07) is 0.217. The van der Waals surface area contributed by atoms with Crippen molar-refractivity contribution in [3.63, 3.8) is 0 Å². The second-order valence-corrected chi connectivity index (χ2v) is 6.24. The molecule has 0 radical (unpaired) electrons. The van der Waals surface area contributed by atoms with Crippen LogP contribution in [-0.4, -0.2) is 24.9 Å². The summed E-state index contributed by atoms with van der Waals surface area (Å²) >= 11 is 1.51. The Morgan fingerprint density at radius 3 is 2.65 bits per heavy atom. The highest BCUT2D eigenvalue weighted by Crippen LogP contribution is 2.24. The largest absolute Gasteiger partial charge is 0.368 e. The van der Waals surface area contributed by atoms with Crippen molar-refractivity contribution in [3.8, 4) is 0 Å². The van der Waals surface area contributed by atoms with E-state index in [4.69, 9.17) is 10.3 Å². The molecule has 2 heterocycles. The molecule has 0 aromatic carbocycles. The van der Waals surface area contributed by atoms with Gasteiger partial charge in [-0.1, -0.05) is 30.8 Å². The van der Waals surface area contributed by atoms with Gasteiger partial charge in [-0.15, -0.1) is 10.2 Å². The standard InChI is InChI=1S/C12H20N6OS/c1-7(2)5-10-14-9(17-19-10)6-20-12-16-15-11(13)18(12)8(3)4/h7-8H,5-6H2,1-4H3,(H2,13,15). The molecule has 0 saturated carbocycles. The summed E-state index contributed by atoms with van der Waals surface area (Å²) in [5, 5.41) is 12.7. The number of nitrogens with zero attached hydrogens (tertiary/aromatic N) is 5. The van der Waals surface area contributed by atoms with Crippen molar-refractivity contribution in [1.29, 1.82) is 0 Å². The molecule has 2 aromatic heterocycles.